The van der Waals surface area contributed by atoms with Crippen LogP contribution in [-0.2, 0) is 16.1 Å². The number of benzene rings is 1. The Hall–Kier alpha value is -1.55. The summed E-state index contributed by atoms with van der Waals surface area (Å²) in [5.74, 6) is -0.350. The topological polar surface area (TPSA) is 61.5 Å². The first kappa shape index (κ1) is 15.8. The highest BCUT2D eigenvalue weighted by Crippen LogP contribution is 2.24. The summed E-state index contributed by atoms with van der Waals surface area (Å²) >= 11 is 0. The number of hydrogen-bond acceptors (Lipinski definition) is 4. The lowest BCUT2D eigenvalue weighted by molar-refractivity contribution is 0.0158. The molecule has 4 heteroatoms. The van der Waals surface area contributed by atoms with Gasteiger partial charge in [0.1, 0.15) is 0 Å². The van der Waals surface area contributed by atoms with E-state index in [-0.39, 0.29) is 5.97 Å². The van der Waals surface area contributed by atoms with Gasteiger partial charge >= 0.3 is 5.97 Å². The van der Waals surface area contributed by atoms with Gasteiger partial charge in [-0.3, -0.25) is 0 Å². The molecule has 0 bridgehead atoms. The van der Waals surface area contributed by atoms with E-state index < -0.39 is 0 Å². The van der Waals surface area contributed by atoms with Gasteiger partial charge in [0.25, 0.3) is 0 Å². The third-order valence-corrected chi connectivity index (χ3v) is 3.85. The molecule has 0 atom stereocenters. The van der Waals surface area contributed by atoms with Crippen molar-refractivity contribution in [3.63, 3.8) is 0 Å². The van der Waals surface area contributed by atoms with Crippen LogP contribution in [-0.4, -0.2) is 18.7 Å². The number of carbonyl (C=O) groups excluding carboxylic acids is 1. The van der Waals surface area contributed by atoms with Crippen molar-refractivity contribution >= 4 is 11.7 Å². The molecule has 0 saturated heterocycles. The van der Waals surface area contributed by atoms with Crippen molar-refractivity contribution < 1.29 is 14.3 Å². The van der Waals surface area contributed by atoms with Crippen LogP contribution < -0.4 is 5.73 Å². The summed E-state index contributed by atoms with van der Waals surface area (Å²) in [5, 5.41) is 0. The highest BCUT2D eigenvalue weighted by atomic mass is 16.5. The summed E-state index contributed by atoms with van der Waals surface area (Å²) in [6, 6.07) is 5.47. The van der Waals surface area contributed by atoms with Crippen molar-refractivity contribution in [1.82, 2.24) is 0 Å². The molecule has 2 rings (SSSR count). The Morgan fingerprint density at radius 3 is 2.76 bits per heavy atom. The third kappa shape index (κ3) is 4.46. The van der Waals surface area contributed by atoms with Gasteiger partial charge in [-0.1, -0.05) is 38.3 Å². The summed E-state index contributed by atoms with van der Waals surface area (Å²) in [6.07, 6.45) is 7.08. The molecule has 1 fully saturated rings. The van der Waals surface area contributed by atoms with E-state index in [0.717, 1.165) is 24.8 Å². The normalized spacial score (nSPS) is 15.9. The Kier molecular flexibility index (Phi) is 6.05. The van der Waals surface area contributed by atoms with Gasteiger partial charge in [-0.25, -0.2) is 4.79 Å². The molecule has 1 saturated carbocycles. The molecule has 1 aliphatic rings. The zero-order valence-electron chi connectivity index (χ0n) is 12.8. The summed E-state index contributed by atoms with van der Waals surface area (Å²) in [6.45, 7) is 2.80. The van der Waals surface area contributed by atoms with Gasteiger partial charge in [0, 0.05) is 5.69 Å². The molecule has 1 aliphatic carbocycles. The number of anilines is 1. The van der Waals surface area contributed by atoms with Crippen molar-refractivity contribution in [1.29, 1.82) is 0 Å². The first-order valence-electron chi connectivity index (χ1n) is 7.88. The smallest absolute Gasteiger partial charge is 0.340 e. The quantitative estimate of drug-likeness (QED) is 0.641. The van der Waals surface area contributed by atoms with Gasteiger partial charge < -0.3 is 15.2 Å². The first-order valence-corrected chi connectivity index (χ1v) is 7.88. The molecule has 116 valence electrons. The van der Waals surface area contributed by atoms with Crippen LogP contribution in [0.1, 0.15) is 61.4 Å². The van der Waals surface area contributed by atoms with E-state index in [2.05, 4.69) is 0 Å². The molecular weight excluding hydrogens is 266 g/mol. The Labute approximate surface area is 126 Å². The van der Waals surface area contributed by atoms with Crippen LogP contribution in [0, 0.1) is 0 Å². The lowest BCUT2D eigenvalue weighted by Gasteiger charge is -2.22. The minimum atomic E-state index is -0.350. The van der Waals surface area contributed by atoms with E-state index in [1.807, 2.05) is 19.1 Å². The summed E-state index contributed by atoms with van der Waals surface area (Å²) in [5.41, 5.74) is 7.69. The van der Waals surface area contributed by atoms with Crippen LogP contribution in [0.3, 0.4) is 0 Å². The van der Waals surface area contributed by atoms with Crippen molar-refractivity contribution in [2.45, 2.75) is 58.2 Å². The maximum absolute atomic E-state index is 12.1. The van der Waals surface area contributed by atoms with E-state index >= 15 is 0 Å². The average Bonchev–Trinajstić information content (AvgIpc) is 2.51. The number of ether oxygens (including phenoxy) is 2. The number of nitrogens with two attached hydrogens (primary N) is 1. The maximum Gasteiger partial charge on any atom is 0.340 e. The van der Waals surface area contributed by atoms with E-state index in [4.69, 9.17) is 15.2 Å². The second-order valence-corrected chi connectivity index (χ2v) is 5.59. The molecule has 1 aromatic carbocycles. The number of esters is 1. The monoisotopic (exact) mass is 291 g/mol. The lowest BCUT2D eigenvalue weighted by atomic mass is 9.97. The third-order valence-electron chi connectivity index (χ3n) is 3.85. The summed E-state index contributed by atoms with van der Waals surface area (Å²) < 4.78 is 11.2. The van der Waals surface area contributed by atoms with Gasteiger partial charge in [-0.05, 0) is 30.9 Å². The van der Waals surface area contributed by atoms with Crippen LogP contribution in [0.5, 0.6) is 0 Å². The van der Waals surface area contributed by atoms with Crippen molar-refractivity contribution in [3.05, 3.63) is 29.3 Å². The van der Waals surface area contributed by atoms with Crippen LogP contribution >= 0.6 is 0 Å². The zero-order chi connectivity index (χ0) is 15.1. The van der Waals surface area contributed by atoms with Gasteiger partial charge in [-0.2, -0.15) is 0 Å². The van der Waals surface area contributed by atoms with E-state index in [1.54, 1.807) is 6.07 Å². The Morgan fingerprint density at radius 2 is 2.05 bits per heavy atom. The maximum atomic E-state index is 12.1. The van der Waals surface area contributed by atoms with Gasteiger partial charge in [0.05, 0.1) is 24.9 Å². The zero-order valence-corrected chi connectivity index (χ0v) is 12.8. The van der Waals surface area contributed by atoms with Gasteiger partial charge in [-0.15, -0.1) is 0 Å². The molecule has 0 heterocycles. The fourth-order valence-corrected chi connectivity index (χ4v) is 2.70. The summed E-state index contributed by atoms with van der Waals surface area (Å²) in [4.78, 5) is 12.1. The highest BCUT2D eigenvalue weighted by Gasteiger charge is 2.19. The molecule has 1 aromatic rings. The molecule has 0 radical (unpaired) electrons. The Morgan fingerprint density at radius 1 is 1.29 bits per heavy atom. The molecule has 0 unspecified atom stereocenters. The predicted octanol–water partition coefficient (Wildman–Crippen LogP) is 3.68. The molecule has 2 N–H and O–H groups in total. The number of nitrogen functional groups attached to an aromatic ring is 1. The predicted molar refractivity (Wildman–Crippen MR) is 83.1 cm³/mol. The van der Waals surface area contributed by atoms with Gasteiger partial charge in [0.15, 0.2) is 0 Å². The highest BCUT2D eigenvalue weighted by molar-refractivity contribution is 5.96. The van der Waals surface area contributed by atoms with E-state index in [0.29, 0.717) is 30.6 Å². The van der Waals surface area contributed by atoms with Crippen LogP contribution in [0.25, 0.3) is 0 Å². The van der Waals surface area contributed by atoms with E-state index in [9.17, 15) is 4.79 Å². The number of hydrogen-bond donors (Lipinski definition) is 1. The molecule has 0 aromatic heterocycles. The molecular formula is C17H25NO3. The second-order valence-electron chi connectivity index (χ2n) is 5.59. The van der Waals surface area contributed by atoms with Gasteiger partial charge in [0.2, 0.25) is 0 Å². The van der Waals surface area contributed by atoms with Crippen molar-refractivity contribution in [3.8, 4) is 0 Å². The Bertz CT molecular complexity index is 467. The average molecular weight is 291 g/mol. The lowest BCUT2D eigenvalue weighted by Crippen LogP contribution is -2.18. The molecule has 0 spiro atoms. The fourth-order valence-electron chi connectivity index (χ4n) is 2.70. The minimum absolute atomic E-state index is 0.305. The van der Waals surface area contributed by atoms with Crippen molar-refractivity contribution in [2.24, 2.45) is 0 Å². The van der Waals surface area contributed by atoms with Crippen LogP contribution in [0.2, 0.25) is 0 Å². The minimum Gasteiger partial charge on any atom is -0.462 e. The molecule has 0 aliphatic heterocycles. The molecule has 4 nitrogen and oxygen atoms in total. The molecule has 0 amide bonds. The summed E-state index contributed by atoms with van der Waals surface area (Å²) in [7, 11) is 0. The largest absolute Gasteiger partial charge is 0.462 e. The molecule has 21 heavy (non-hydrogen) atoms. The van der Waals surface area contributed by atoms with Crippen molar-refractivity contribution in [2.75, 3.05) is 12.3 Å². The van der Waals surface area contributed by atoms with Crippen LogP contribution in [0.4, 0.5) is 5.69 Å². The number of rotatable bonds is 6. The number of carbonyl (C=O) groups is 1. The fraction of sp³-hybridized carbons (Fsp3) is 0.588. The standard InChI is InChI=1S/C17H25NO3/c1-2-11-20-17(19)16-13(7-6-10-15(16)18)12-21-14-8-4-3-5-9-14/h6-7,10,14H,2-5,8-9,11-12,18H2,1H3. The SMILES string of the molecule is CCCOC(=O)c1c(N)cccc1COC1CCCCC1. The van der Waals surface area contributed by atoms with Crippen LogP contribution in [0.15, 0.2) is 18.2 Å². The Balaban J connectivity index is 2.03. The second kappa shape index (κ2) is 8.03. The van der Waals surface area contributed by atoms with E-state index in [1.165, 1.54) is 19.3 Å². The first-order chi connectivity index (χ1) is 10.2.